The van der Waals surface area contributed by atoms with Gasteiger partial charge in [-0.05, 0) is 82.0 Å². The van der Waals surface area contributed by atoms with Crippen molar-refractivity contribution >= 4 is 0 Å². The lowest BCUT2D eigenvalue weighted by Gasteiger charge is -2.51. The number of benzene rings is 1. The Morgan fingerprint density at radius 3 is 2.65 bits per heavy atom. The summed E-state index contributed by atoms with van der Waals surface area (Å²) >= 11 is 0. The minimum Gasteiger partial charge on any atom is -0.497 e. The number of ether oxygens (including phenoxy) is 1. The van der Waals surface area contributed by atoms with Gasteiger partial charge >= 0.3 is 0 Å². The van der Waals surface area contributed by atoms with E-state index in [0.717, 1.165) is 5.75 Å². The van der Waals surface area contributed by atoms with Crippen molar-refractivity contribution < 1.29 is 4.74 Å². The third-order valence-electron chi connectivity index (χ3n) is 6.69. The van der Waals surface area contributed by atoms with Gasteiger partial charge in [-0.15, -0.1) is 0 Å². The number of likely N-dealkylation sites (N-methyl/N-ethyl adjacent to an activating group) is 1. The molecular weight excluding hydrogens is 284 g/mol. The lowest BCUT2D eigenvalue weighted by molar-refractivity contribution is 0.0647. The Hall–Kier alpha value is -1.06. The number of methoxy groups -OCH3 is 1. The summed E-state index contributed by atoms with van der Waals surface area (Å²) in [5.41, 5.74) is 3.35. The molecule has 0 spiro atoms. The van der Waals surface area contributed by atoms with E-state index in [-0.39, 0.29) is 5.41 Å². The molecule has 2 saturated heterocycles. The van der Waals surface area contributed by atoms with Crippen LogP contribution >= 0.6 is 0 Å². The molecule has 2 aliphatic heterocycles. The monoisotopic (exact) mass is 314 g/mol. The molecule has 126 valence electrons. The smallest absolute Gasteiger partial charge is 0.119 e. The molecule has 1 aliphatic carbocycles. The normalized spacial score (nSPS) is 34.9. The molecule has 23 heavy (non-hydrogen) atoms. The highest BCUT2D eigenvalue weighted by molar-refractivity contribution is 5.45. The topological polar surface area (TPSA) is 15.7 Å². The molecule has 3 aliphatic rings. The zero-order valence-corrected chi connectivity index (χ0v) is 14.8. The van der Waals surface area contributed by atoms with Crippen LogP contribution in [0.2, 0.25) is 0 Å². The first kappa shape index (κ1) is 15.5. The predicted molar refractivity (Wildman–Crippen MR) is 94.3 cm³/mol. The lowest BCUT2D eigenvalue weighted by Crippen LogP contribution is -2.61. The highest BCUT2D eigenvalue weighted by Crippen LogP contribution is 2.47. The lowest BCUT2D eigenvalue weighted by atomic mass is 9.64. The van der Waals surface area contributed by atoms with E-state index >= 15 is 0 Å². The Kier molecular flexibility index (Phi) is 3.89. The molecule has 0 amide bonds. The second-order valence-electron chi connectivity index (χ2n) is 7.98. The highest BCUT2D eigenvalue weighted by Gasteiger charge is 2.50. The third kappa shape index (κ3) is 2.40. The first-order valence-electron chi connectivity index (χ1n) is 9.25. The van der Waals surface area contributed by atoms with Crippen LogP contribution in [0.25, 0.3) is 0 Å². The summed E-state index contributed by atoms with van der Waals surface area (Å²) in [6.45, 7) is 6.32. The maximum Gasteiger partial charge on any atom is 0.119 e. The Labute approximate surface area is 140 Å². The van der Waals surface area contributed by atoms with Gasteiger partial charge in [0.15, 0.2) is 0 Å². The fourth-order valence-electron chi connectivity index (χ4n) is 5.52. The summed E-state index contributed by atoms with van der Waals surface area (Å²) in [7, 11) is 4.13. The number of hydrogen-bond acceptors (Lipinski definition) is 3. The number of likely N-dealkylation sites (tertiary alicyclic amines) is 2. The minimum absolute atomic E-state index is 0.252. The summed E-state index contributed by atoms with van der Waals surface area (Å²) in [5, 5.41) is 0. The molecule has 3 heteroatoms. The van der Waals surface area contributed by atoms with Crippen molar-refractivity contribution in [2.75, 3.05) is 33.8 Å². The number of nitrogens with zero attached hydrogens (tertiary/aromatic N) is 2. The summed E-state index contributed by atoms with van der Waals surface area (Å²) in [5.74, 6) is 1.01. The molecule has 1 aromatic carbocycles. The first-order chi connectivity index (χ1) is 11.1. The second kappa shape index (κ2) is 5.78. The van der Waals surface area contributed by atoms with Crippen molar-refractivity contribution in [1.29, 1.82) is 0 Å². The SMILES string of the molecule is COc1ccc2c(c1)C1(C)CCCN(C)C(C2)C1N1CCCC1. The number of hydrogen-bond donors (Lipinski definition) is 0. The number of fused-ring (bicyclic) bond motifs is 4. The van der Waals surface area contributed by atoms with E-state index in [2.05, 4.69) is 42.0 Å². The van der Waals surface area contributed by atoms with Crippen LogP contribution in [0.4, 0.5) is 0 Å². The quantitative estimate of drug-likeness (QED) is 0.834. The van der Waals surface area contributed by atoms with Gasteiger partial charge in [0.25, 0.3) is 0 Å². The molecule has 2 heterocycles. The molecule has 2 fully saturated rings. The third-order valence-corrected chi connectivity index (χ3v) is 6.69. The zero-order valence-electron chi connectivity index (χ0n) is 14.8. The van der Waals surface area contributed by atoms with Crippen molar-refractivity contribution in [1.82, 2.24) is 9.80 Å². The summed E-state index contributed by atoms with van der Waals surface area (Å²) in [6.07, 6.45) is 6.51. The summed E-state index contributed by atoms with van der Waals surface area (Å²) < 4.78 is 5.55. The van der Waals surface area contributed by atoms with Crippen LogP contribution in [-0.4, -0.2) is 55.7 Å². The van der Waals surface area contributed by atoms with Gasteiger partial charge in [0.1, 0.15) is 5.75 Å². The van der Waals surface area contributed by atoms with Crippen molar-refractivity contribution in [3.63, 3.8) is 0 Å². The largest absolute Gasteiger partial charge is 0.497 e. The Bertz CT molecular complexity index is 581. The molecule has 3 unspecified atom stereocenters. The van der Waals surface area contributed by atoms with E-state index in [1.54, 1.807) is 18.2 Å². The van der Waals surface area contributed by atoms with Gasteiger partial charge in [-0.1, -0.05) is 13.0 Å². The predicted octanol–water partition coefficient (Wildman–Crippen LogP) is 3.07. The zero-order chi connectivity index (χ0) is 16.0. The molecule has 1 aromatic rings. The van der Waals surface area contributed by atoms with Gasteiger partial charge in [-0.3, -0.25) is 4.90 Å². The van der Waals surface area contributed by atoms with Crippen LogP contribution in [0.15, 0.2) is 18.2 Å². The Morgan fingerprint density at radius 1 is 1.13 bits per heavy atom. The molecular formula is C20H30N2O. The van der Waals surface area contributed by atoms with Gasteiger partial charge in [0, 0.05) is 17.5 Å². The fraction of sp³-hybridized carbons (Fsp3) is 0.700. The maximum atomic E-state index is 5.55. The van der Waals surface area contributed by atoms with Gasteiger partial charge in [-0.2, -0.15) is 0 Å². The van der Waals surface area contributed by atoms with Crippen molar-refractivity contribution in [2.45, 2.75) is 56.5 Å². The van der Waals surface area contributed by atoms with Gasteiger partial charge in [0.2, 0.25) is 0 Å². The molecule has 3 atom stereocenters. The van der Waals surface area contributed by atoms with Crippen LogP contribution in [0.5, 0.6) is 5.75 Å². The van der Waals surface area contributed by atoms with Crippen LogP contribution in [0, 0.1) is 0 Å². The second-order valence-corrected chi connectivity index (χ2v) is 7.98. The van der Waals surface area contributed by atoms with Crippen molar-refractivity contribution in [2.24, 2.45) is 0 Å². The minimum atomic E-state index is 0.252. The van der Waals surface area contributed by atoms with E-state index in [0.29, 0.717) is 12.1 Å². The van der Waals surface area contributed by atoms with Crippen LogP contribution in [0.1, 0.15) is 43.7 Å². The van der Waals surface area contributed by atoms with Gasteiger partial charge in [-0.25, -0.2) is 0 Å². The standard InChI is InChI=1S/C20H30N2O/c1-20-9-6-10-21(2)18(19(20)22-11-4-5-12-22)13-15-7-8-16(23-3)14-17(15)20/h7-8,14,18-19H,4-6,9-13H2,1-3H3. The Morgan fingerprint density at radius 2 is 1.91 bits per heavy atom. The Balaban J connectivity index is 1.84. The fourth-order valence-corrected chi connectivity index (χ4v) is 5.52. The van der Waals surface area contributed by atoms with Crippen molar-refractivity contribution in [3.8, 4) is 5.75 Å². The van der Waals surface area contributed by atoms with E-state index in [9.17, 15) is 0 Å². The molecule has 2 bridgehead atoms. The van der Waals surface area contributed by atoms with E-state index in [1.165, 1.54) is 51.7 Å². The van der Waals surface area contributed by atoms with Crippen LogP contribution < -0.4 is 4.74 Å². The van der Waals surface area contributed by atoms with Gasteiger partial charge < -0.3 is 9.64 Å². The maximum absolute atomic E-state index is 5.55. The molecule has 0 saturated carbocycles. The molecule has 0 N–H and O–H groups in total. The average Bonchev–Trinajstić information content (AvgIpc) is 3.05. The van der Waals surface area contributed by atoms with Crippen molar-refractivity contribution in [3.05, 3.63) is 29.3 Å². The van der Waals surface area contributed by atoms with Crippen LogP contribution in [0.3, 0.4) is 0 Å². The van der Waals surface area contributed by atoms with E-state index in [4.69, 9.17) is 4.74 Å². The molecule has 0 radical (unpaired) electrons. The molecule has 3 nitrogen and oxygen atoms in total. The molecule has 0 aromatic heterocycles. The number of rotatable bonds is 2. The summed E-state index contributed by atoms with van der Waals surface area (Å²) in [6, 6.07) is 8.10. The van der Waals surface area contributed by atoms with Crippen LogP contribution in [-0.2, 0) is 11.8 Å². The van der Waals surface area contributed by atoms with E-state index in [1.807, 2.05) is 0 Å². The molecule has 4 rings (SSSR count). The highest BCUT2D eigenvalue weighted by atomic mass is 16.5. The summed E-state index contributed by atoms with van der Waals surface area (Å²) in [4.78, 5) is 5.44. The first-order valence-corrected chi connectivity index (χ1v) is 9.25. The van der Waals surface area contributed by atoms with Gasteiger partial charge in [0.05, 0.1) is 7.11 Å². The van der Waals surface area contributed by atoms with E-state index < -0.39 is 0 Å². The average molecular weight is 314 g/mol.